The zero-order valence-corrected chi connectivity index (χ0v) is 21.1. The van der Waals surface area contributed by atoms with Gasteiger partial charge in [0.15, 0.2) is 0 Å². The molecule has 33 heavy (non-hydrogen) atoms. The van der Waals surface area contributed by atoms with Crippen LogP contribution in [0.25, 0.3) is 0 Å². The molecule has 0 saturated heterocycles. The van der Waals surface area contributed by atoms with Crippen molar-refractivity contribution in [1.82, 2.24) is 19.8 Å². The molecule has 1 unspecified atom stereocenters. The number of rotatable bonds is 10. The topological polar surface area (TPSA) is 50.2 Å². The summed E-state index contributed by atoms with van der Waals surface area (Å²) < 4.78 is 3.03. The Kier molecular flexibility index (Phi) is 8.12. The van der Waals surface area contributed by atoms with Crippen LogP contribution in [0.2, 0.25) is 0 Å². The first-order valence-corrected chi connectivity index (χ1v) is 12.7. The number of hydrogen-bond acceptors (Lipinski definition) is 4. The molecule has 0 amide bonds. The summed E-state index contributed by atoms with van der Waals surface area (Å²) in [4.78, 5) is 21.2. The van der Waals surface area contributed by atoms with E-state index in [2.05, 4.69) is 69.5 Å². The molecule has 0 fully saturated rings. The minimum atomic E-state index is 0.0595. The standard InChI is InChI=1S/C27H33BrN4O/c1-3-25(31(17-16-29-2)18-21-12-14-22(28)15-13-21)26-30-24-11-7-10-23(24)27(33)32(26)19-20-8-5-4-6-9-20/h4-6,8-9,12-15,25,29H,3,7,10-11,16-19H2,1-2H3. The lowest BCUT2D eigenvalue weighted by Gasteiger charge is -2.32. The van der Waals surface area contributed by atoms with Crippen molar-refractivity contribution in [1.29, 1.82) is 0 Å². The van der Waals surface area contributed by atoms with Crippen LogP contribution in [0.4, 0.5) is 0 Å². The average molecular weight is 509 g/mol. The predicted molar refractivity (Wildman–Crippen MR) is 138 cm³/mol. The van der Waals surface area contributed by atoms with Crippen molar-refractivity contribution in [3.8, 4) is 0 Å². The van der Waals surface area contributed by atoms with Gasteiger partial charge in [-0.15, -0.1) is 0 Å². The second-order valence-corrected chi connectivity index (χ2v) is 9.67. The average Bonchev–Trinajstić information content (AvgIpc) is 3.31. The van der Waals surface area contributed by atoms with Crippen LogP contribution in [0.15, 0.2) is 63.9 Å². The zero-order chi connectivity index (χ0) is 23.2. The van der Waals surface area contributed by atoms with Gasteiger partial charge in [0.05, 0.1) is 18.3 Å². The molecular weight excluding hydrogens is 476 g/mol. The van der Waals surface area contributed by atoms with Gasteiger partial charge in [0.25, 0.3) is 5.56 Å². The summed E-state index contributed by atoms with van der Waals surface area (Å²) in [5, 5.41) is 3.29. The maximum atomic E-state index is 13.6. The number of aryl methyl sites for hydroxylation is 1. The molecule has 0 spiro atoms. The van der Waals surface area contributed by atoms with Crippen LogP contribution < -0.4 is 10.9 Å². The first-order chi connectivity index (χ1) is 16.1. The van der Waals surface area contributed by atoms with Gasteiger partial charge >= 0.3 is 0 Å². The number of halogens is 1. The Bertz CT molecular complexity index is 1110. The van der Waals surface area contributed by atoms with Gasteiger partial charge in [-0.1, -0.05) is 65.3 Å². The molecule has 174 valence electrons. The molecule has 1 aliphatic rings. The van der Waals surface area contributed by atoms with Crippen LogP contribution >= 0.6 is 15.9 Å². The molecule has 0 saturated carbocycles. The lowest BCUT2D eigenvalue weighted by Crippen LogP contribution is -2.39. The highest BCUT2D eigenvalue weighted by atomic mass is 79.9. The monoisotopic (exact) mass is 508 g/mol. The van der Waals surface area contributed by atoms with Crippen LogP contribution in [0.1, 0.15) is 54.0 Å². The van der Waals surface area contributed by atoms with Crippen molar-refractivity contribution in [3.05, 3.63) is 97.6 Å². The van der Waals surface area contributed by atoms with Crippen molar-refractivity contribution in [2.24, 2.45) is 0 Å². The highest BCUT2D eigenvalue weighted by Gasteiger charge is 2.28. The third kappa shape index (κ3) is 5.62. The molecule has 1 atom stereocenters. The Labute approximate surface area is 205 Å². The summed E-state index contributed by atoms with van der Waals surface area (Å²) in [5.41, 5.74) is 4.46. The van der Waals surface area contributed by atoms with Crippen LogP contribution in [-0.2, 0) is 25.9 Å². The van der Waals surface area contributed by atoms with Gasteiger partial charge < -0.3 is 5.32 Å². The van der Waals surface area contributed by atoms with E-state index in [4.69, 9.17) is 4.98 Å². The van der Waals surface area contributed by atoms with Gasteiger partial charge in [0.2, 0.25) is 0 Å². The van der Waals surface area contributed by atoms with Crippen LogP contribution in [0, 0.1) is 0 Å². The number of fused-ring (bicyclic) bond motifs is 1. The van der Waals surface area contributed by atoms with Crippen molar-refractivity contribution in [2.45, 2.75) is 51.7 Å². The molecule has 3 aromatic rings. The van der Waals surface area contributed by atoms with Gasteiger partial charge in [0, 0.05) is 29.7 Å². The third-order valence-electron chi connectivity index (χ3n) is 6.48. The van der Waals surface area contributed by atoms with E-state index < -0.39 is 0 Å². The molecular formula is C27H33BrN4O. The van der Waals surface area contributed by atoms with Crippen molar-refractivity contribution in [2.75, 3.05) is 20.1 Å². The van der Waals surface area contributed by atoms with E-state index >= 15 is 0 Å². The van der Waals surface area contributed by atoms with E-state index in [1.54, 1.807) is 0 Å². The Balaban J connectivity index is 1.76. The van der Waals surface area contributed by atoms with Gasteiger partial charge in [-0.2, -0.15) is 0 Å². The highest BCUT2D eigenvalue weighted by molar-refractivity contribution is 9.10. The lowest BCUT2D eigenvalue weighted by molar-refractivity contribution is 0.172. The Morgan fingerprint density at radius 2 is 1.85 bits per heavy atom. The molecule has 0 bridgehead atoms. The fourth-order valence-electron chi connectivity index (χ4n) is 4.75. The maximum absolute atomic E-state index is 13.6. The molecule has 2 aromatic carbocycles. The maximum Gasteiger partial charge on any atom is 0.257 e. The van der Waals surface area contributed by atoms with Crippen LogP contribution in [0.3, 0.4) is 0 Å². The van der Waals surface area contributed by atoms with E-state index in [9.17, 15) is 4.79 Å². The third-order valence-corrected chi connectivity index (χ3v) is 7.00. The minimum Gasteiger partial charge on any atom is -0.318 e. The number of hydrogen-bond donors (Lipinski definition) is 1. The summed E-state index contributed by atoms with van der Waals surface area (Å²) in [5.74, 6) is 0.903. The molecule has 1 aromatic heterocycles. The first-order valence-electron chi connectivity index (χ1n) is 11.9. The Hall–Kier alpha value is -2.28. The number of aromatic nitrogens is 2. The molecule has 4 rings (SSSR count). The fraction of sp³-hybridized carbons (Fsp3) is 0.407. The highest BCUT2D eigenvalue weighted by Crippen LogP contribution is 2.27. The molecule has 5 nitrogen and oxygen atoms in total. The summed E-state index contributed by atoms with van der Waals surface area (Å²) in [6.45, 7) is 5.32. The van der Waals surface area contributed by atoms with E-state index in [1.165, 1.54) is 5.56 Å². The van der Waals surface area contributed by atoms with Gasteiger partial charge in [-0.25, -0.2) is 4.98 Å². The molecule has 0 aliphatic heterocycles. The molecule has 6 heteroatoms. The number of nitrogens with zero attached hydrogens (tertiary/aromatic N) is 3. The van der Waals surface area contributed by atoms with E-state index in [0.717, 1.165) is 72.4 Å². The Morgan fingerprint density at radius 1 is 1.09 bits per heavy atom. The van der Waals surface area contributed by atoms with E-state index in [-0.39, 0.29) is 11.6 Å². The molecule has 1 heterocycles. The SMILES string of the molecule is CCC(c1nc2c(c(=O)n1Cc1ccccc1)CCC2)N(CCNC)Cc1ccc(Br)cc1. The first kappa shape index (κ1) is 23.9. The number of nitrogens with one attached hydrogen (secondary N) is 1. The number of likely N-dealkylation sites (N-methyl/N-ethyl adjacent to an activating group) is 1. The predicted octanol–water partition coefficient (Wildman–Crippen LogP) is 4.72. The van der Waals surface area contributed by atoms with Gasteiger partial charge in [-0.3, -0.25) is 14.3 Å². The summed E-state index contributed by atoms with van der Waals surface area (Å²) in [6, 6.07) is 18.8. The van der Waals surface area contributed by atoms with Crippen molar-refractivity contribution >= 4 is 15.9 Å². The fourth-order valence-corrected chi connectivity index (χ4v) is 5.01. The quantitative estimate of drug-likeness (QED) is 0.430. The molecule has 0 radical (unpaired) electrons. The van der Waals surface area contributed by atoms with E-state index in [0.29, 0.717) is 6.54 Å². The van der Waals surface area contributed by atoms with Crippen molar-refractivity contribution < 1.29 is 0 Å². The second kappa shape index (κ2) is 11.2. The van der Waals surface area contributed by atoms with Crippen LogP contribution in [0.5, 0.6) is 0 Å². The van der Waals surface area contributed by atoms with Crippen LogP contribution in [-0.4, -0.2) is 34.6 Å². The Morgan fingerprint density at radius 3 is 2.55 bits per heavy atom. The van der Waals surface area contributed by atoms with Gasteiger partial charge in [0.1, 0.15) is 5.82 Å². The summed E-state index contributed by atoms with van der Waals surface area (Å²) in [6.07, 6.45) is 3.66. The van der Waals surface area contributed by atoms with Gasteiger partial charge in [-0.05, 0) is 56.0 Å². The largest absolute Gasteiger partial charge is 0.318 e. The minimum absolute atomic E-state index is 0.0595. The van der Waals surface area contributed by atoms with Crippen molar-refractivity contribution in [3.63, 3.8) is 0 Å². The zero-order valence-electron chi connectivity index (χ0n) is 19.6. The second-order valence-electron chi connectivity index (χ2n) is 8.75. The lowest BCUT2D eigenvalue weighted by atomic mass is 10.1. The number of benzene rings is 2. The molecule has 1 N–H and O–H groups in total. The summed E-state index contributed by atoms with van der Waals surface area (Å²) >= 11 is 3.54. The normalized spacial score (nSPS) is 13.9. The smallest absolute Gasteiger partial charge is 0.257 e. The van der Waals surface area contributed by atoms with E-state index in [1.807, 2.05) is 29.8 Å². The molecule has 1 aliphatic carbocycles. The summed E-state index contributed by atoms with van der Waals surface area (Å²) in [7, 11) is 1.98.